The summed E-state index contributed by atoms with van der Waals surface area (Å²) in [5.74, 6) is 0. The van der Waals surface area contributed by atoms with Gasteiger partial charge in [0.2, 0.25) is 0 Å². The first-order valence-electron chi connectivity index (χ1n) is 5.16. The van der Waals surface area contributed by atoms with Crippen LogP contribution in [0.25, 0.3) is 0 Å². The van der Waals surface area contributed by atoms with Gasteiger partial charge in [0.15, 0.2) is 0 Å². The topological polar surface area (TPSA) is 9.23 Å². The molecule has 0 spiro atoms. The van der Waals surface area contributed by atoms with Gasteiger partial charge in [-0.2, -0.15) is 23.5 Å². The molecular weight excluding hydrogens is 200 g/mol. The van der Waals surface area contributed by atoms with Crippen LogP contribution in [0.5, 0.6) is 0 Å². The Labute approximate surface area is 89.4 Å². The number of hydrogen-bond donors (Lipinski definition) is 0. The van der Waals surface area contributed by atoms with Crippen LogP contribution in [0.2, 0.25) is 0 Å². The van der Waals surface area contributed by atoms with Crippen molar-refractivity contribution in [2.75, 3.05) is 13.2 Å². The van der Waals surface area contributed by atoms with Crippen molar-refractivity contribution in [2.45, 2.75) is 47.7 Å². The van der Waals surface area contributed by atoms with Crippen LogP contribution < -0.4 is 0 Å². The van der Waals surface area contributed by atoms with Gasteiger partial charge in [-0.05, 0) is 12.8 Å². The highest BCUT2D eigenvalue weighted by molar-refractivity contribution is 8.07. The highest BCUT2D eigenvalue weighted by Gasteiger charge is 2.34. The molecular formula is C10H18OS2. The molecule has 4 atom stereocenters. The standard InChI is InChI=1S/C10H18OS2/c1-7-9(12-7)3-5-11-6-4-10-8(2)13-10/h7-10H,3-6H2,1-2H3. The van der Waals surface area contributed by atoms with Crippen LogP contribution in [0, 0.1) is 0 Å². The van der Waals surface area contributed by atoms with E-state index in [9.17, 15) is 0 Å². The Bertz CT molecular complexity index is 156. The molecule has 13 heavy (non-hydrogen) atoms. The van der Waals surface area contributed by atoms with Crippen LogP contribution in [-0.4, -0.2) is 34.2 Å². The monoisotopic (exact) mass is 218 g/mol. The lowest BCUT2D eigenvalue weighted by molar-refractivity contribution is 0.131. The van der Waals surface area contributed by atoms with E-state index in [0.717, 1.165) is 34.2 Å². The minimum Gasteiger partial charge on any atom is -0.381 e. The van der Waals surface area contributed by atoms with E-state index in [4.69, 9.17) is 4.74 Å². The summed E-state index contributed by atoms with van der Waals surface area (Å²) < 4.78 is 5.61. The van der Waals surface area contributed by atoms with Gasteiger partial charge in [0.1, 0.15) is 0 Å². The lowest BCUT2D eigenvalue weighted by atomic mass is 10.2. The van der Waals surface area contributed by atoms with Crippen molar-refractivity contribution >= 4 is 23.5 Å². The van der Waals surface area contributed by atoms with Crippen molar-refractivity contribution in [1.29, 1.82) is 0 Å². The van der Waals surface area contributed by atoms with E-state index in [-0.39, 0.29) is 0 Å². The number of thioether (sulfide) groups is 2. The van der Waals surface area contributed by atoms with Gasteiger partial charge in [-0.25, -0.2) is 0 Å². The SMILES string of the molecule is CC1SC1CCOCCC1SC1C. The molecule has 0 bridgehead atoms. The lowest BCUT2D eigenvalue weighted by Crippen LogP contribution is -2.03. The number of rotatable bonds is 6. The molecule has 0 aliphatic carbocycles. The Balaban J connectivity index is 1.37. The summed E-state index contributed by atoms with van der Waals surface area (Å²) in [6.07, 6.45) is 2.53. The van der Waals surface area contributed by atoms with Gasteiger partial charge in [-0.1, -0.05) is 13.8 Å². The van der Waals surface area contributed by atoms with Crippen molar-refractivity contribution in [3.63, 3.8) is 0 Å². The summed E-state index contributed by atoms with van der Waals surface area (Å²) >= 11 is 4.17. The molecule has 76 valence electrons. The molecule has 2 aliphatic heterocycles. The summed E-state index contributed by atoms with van der Waals surface area (Å²) in [6.45, 7) is 6.57. The predicted molar refractivity (Wildman–Crippen MR) is 61.7 cm³/mol. The van der Waals surface area contributed by atoms with Crippen molar-refractivity contribution < 1.29 is 4.74 Å². The van der Waals surface area contributed by atoms with E-state index in [0.29, 0.717) is 0 Å². The van der Waals surface area contributed by atoms with Gasteiger partial charge in [-0.3, -0.25) is 0 Å². The second-order valence-electron chi connectivity index (χ2n) is 3.95. The first-order chi connectivity index (χ1) is 6.27. The molecule has 0 saturated carbocycles. The molecule has 2 saturated heterocycles. The Morgan fingerprint density at radius 3 is 1.62 bits per heavy atom. The third-order valence-corrected chi connectivity index (χ3v) is 5.64. The summed E-state index contributed by atoms with van der Waals surface area (Å²) in [5, 5.41) is 3.63. The second kappa shape index (κ2) is 4.45. The van der Waals surface area contributed by atoms with Crippen LogP contribution >= 0.6 is 23.5 Å². The minimum absolute atomic E-state index is 0.905. The maximum Gasteiger partial charge on any atom is 0.0477 e. The largest absolute Gasteiger partial charge is 0.381 e. The fourth-order valence-corrected chi connectivity index (χ4v) is 3.23. The van der Waals surface area contributed by atoms with Gasteiger partial charge in [0, 0.05) is 34.2 Å². The molecule has 0 radical (unpaired) electrons. The van der Waals surface area contributed by atoms with E-state index in [1.807, 2.05) is 0 Å². The van der Waals surface area contributed by atoms with Crippen molar-refractivity contribution in [3.8, 4) is 0 Å². The fourth-order valence-electron chi connectivity index (χ4n) is 1.57. The minimum atomic E-state index is 0.905. The highest BCUT2D eigenvalue weighted by Crippen LogP contribution is 2.43. The zero-order valence-corrected chi connectivity index (χ0v) is 10.00. The molecule has 2 heterocycles. The summed E-state index contributed by atoms with van der Waals surface area (Å²) in [7, 11) is 0. The smallest absolute Gasteiger partial charge is 0.0477 e. The normalized spacial score (nSPS) is 42.0. The van der Waals surface area contributed by atoms with Gasteiger partial charge in [0.05, 0.1) is 0 Å². The van der Waals surface area contributed by atoms with Crippen LogP contribution in [0.15, 0.2) is 0 Å². The van der Waals surface area contributed by atoms with Crippen molar-refractivity contribution in [2.24, 2.45) is 0 Å². The Morgan fingerprint density at radius 1 is 0.923 bits per heavy atom. The third kappa shape index (κ3) is 3.37. The van der Waals surface area contributed by atoms with E-state index in [2.05, 4.69) is 37.4 Å². The van der Waals surface area contributed by atoms with E-state index >= 15 is 0 Å². The fraction of sp³-hybridized carbons (Fsp3) is 1.00. The molecule has 2 aliphatic rings. The van der Waals surface area contributed by atoms with Crippen molar-refractivity contribution in [3.05, 3.63) is 0 Å². The maximum absolute atomic E-state index is 5.61. The van der Waals surface area contributed by atoms with Gasteiger partial charge in [-0.15, -0.1) is 0 Å². The van der Waals surface area contributed by atoms with Crippen LogP contribution in [0.4, 0.5) is 0 Å². The predicted octanol–water partition coefficient (Wildman–Crippen LogP) is 2.79. The Hall–Kier alpha value is 0.660. The number of hydrogen-bond acceptors (Lipinski definition) is 3. The van der Waals surface area contributed by atoms with Crippen LogP contribution in [0.3, 0.4) is 0 Å². The van der Waals surface area contributed by atoms with Gasteiger partial charge in [0.25, 0.3) is 0 Å². The summed E-state index contributed by atoms with van der Waals surface area (Å²) in [6, 6.07) is 0. The summed E-state index contributed by atoms with van der Waals surface area (Å²) in [5.41, 5.74) is 0. The average Bonchev–Trinajstić information content (AvgIpc) is 2.95. The first-order valence-corrected chi connectivity index (χ1v) is 7.04. The van der Waals surface area contributed by atoms with E-state index in [1.54, 1.807) is 0 Å². The zero-order valence-electron chi connectivity index (χ0n) is 8.36. The molecule has 0 aromatic heterocycles. The Kier molecular flexibility index (Phi) is 3.49. The zero-order chi connectivity index (χ0) is 9.26. The van der Waals surface area contributed by atoms with Crippen molar-refractivity contribution in [1.82, 2.24) is 0 Å². The molecule has 0 N–H and O–H groups in total. The first kappa shape index (κ1) is 10.2. The molecule has 4 unspecified atom stereocenters. The maximum atomic E-state index is 5.61. The molecule has 2 rings (SSSR count). The van der Waals surface area contributed by atoms with E-state index < -0.39 is 0 Å². The van der Waals surface area contributed by atoms with Gasteiger partial charge < -0.3 is 4.74 Å². The lowest BCUT2D eigenvalue weighted by Gasteiger charge is -2.01. The second-order valence-corrected chi connectivity index (χ2v) is 7.19. The molecule has 2 fully saturated rings. The quantitative estimate of drug-likeness (QED) is 0.501. The van der Waals surface area contributed by atoms with Crippen LogP contribution in [0.1, 0.15) is 26.7 Å². The average molecular weight is 218 g/mol. The molecule has 0 amide bonds. The molecule has 0 aromatic carbocycles. The Morgan fingerprint density at radius 2 is 1.31 bits per heavy atom. The third-order valence-electron chi connectivity index (χ3n) is 2.77. The van der Waals surface area contributed by atoms with E-state index in [1.165, 1.54) is 12.8 Å². The molecule has 1 nitrogen and oxygen atoms in total. The van der Waals surface area contributed by atoms with Crippen LogP contribution in [-0.2, 0) is 4.74 Å². The molecule has 0 aromatic rings. The van der Waals surface area contributed by atoms with Gasteiger partial charge >= 0.3 is 0 Å². The highest BCUT2D eigenvalue weighted by atomic mass is 32.2. The molecule has 3 heteroatoms. The number of ether oxygens (including phenoxy) is 1. The summed E-state index contributed by atoms with van der Waals surface area (Å²) in [4.78, 5) is 0.